The number of anilines is 1. The van der Waals surface area contributed by atoms with Gasteiger partial charge in [-0.3, -0.25) is 0 Å². The zero-order chi connectivity index (χ0) is 12.5. The van der Waals surface area contributed by atoms with Crippen LogP contribution in [0.3, 0.4) is 0 Å². The molecule has 2 bridgehead atoms. The van der Waals surface area contributed by atoms with Crippen LogP contribution in [0.15, 0.2) is 18.3 Å². The number of nitrogens with zero attached hydrogens (tertiary/aromatic N) is 2. The third kappa shape index (κ3) is 2.33. The molecule has 0 aliphatic carbocycles. The summed E-state index contributed by atoms with van der Waals surface area (Å²) in [5.74, 6) is 1.72. The minimum absolute atomic E-state index is 0.400. The van der Waals surface area contributed by atoms with E-state index >= 15 is 0 Å². The summed E-state index contributed by atoms with van der Waals surface area (Å²) in [5.41, 5.74) is 6.39. The summed E-state index contributed by atoms with van der Waals surface area (Å²) in [6.45, 7) is 3.66. The smallest absolute Gasteiger partial charge is 0.126 e. The fourth-order valence-electron chi connectivity index (χ4n) is 2.94. The highest BCUT2D eigenvalue weighted by molar-refractivity contribution is 7.80. The molecule has 3 aliphatic rings. The van der Waals surface area contributed by atoms with E-state index in [0.717, 1.165) is 23.8 Å². The molecule has 0 saturated carbocycles. The van der Waals surface area contributed by atoms with Gasteiger partial charge in [0.2, 0.25) is 0 Å². The van der Waals surface area contributed by atoms with E-state index in [-0.39, 0.29) is 0 Å². The molecule has 3 fully saturated rings. The predicted octanol–water partition coefficient (Wildman–Crippen LogP) is 1.22. The zero-order valence-corrected chi connectivity index (χ0v) is 11.1. The minimum atomic E-state index is 0.400. The number of pyridine rings is 1. The van der Waals surface area contributed by atoms with E-state index in [0.29, 0.717) is 11.0 Å². The lowest BCUT2D eigenvalue weighted by atomic mass is 9.84. The molecule has 96 valence electrons. The lowest BCUT2D eigenvalue weighted by molar-refractivity contribution is 0.0974. The minimum Gasteiger partial charge on any atom is -0.389 e. The second-order valence-corrected chi connectivity index (χ2v) is 5.63. The topological polar surface area (TPSA) is 54.2 Å². The maximum atomic E-state index is 5.56. The Morgan fingerprint density at radius 2 is 2.17 bits per heavy atom. The molecule has 1 aromatic heterocycles. The fraction of sp³-hybridized carbons (Fsp3) is 0.538. The Labute approximate surface area is 113 Å². The average molecular weight is 262 g/mol. The maximum absolute atomic E-state index is 5.56. The predicted molar refractivity (Wildman–Crippen MR) is 76.7 cm³/mol. The molecule has 3 saturated heterocycles. The van der Waals surface area contributed by atoms with Gasteiger partial charge in [0.25, 0.3) is 0 Å². The Hall–Kier alpha value is -1.20. The third-order valence-corrected chi connectivity index (χ3v) is 4.27. The molecule has 4 nitrogen and oxygen atoms in total. The van der Waals surface area contributed by atoms with Crippen LogP contribution < -0.4 is 11.1 Å². The van der Waals surface area contributed by atoms with Crippen LogP contribution in [-0.2, 0) is 0 Å². The summed E-state index contributed by atoms with van der Waals surface area (Å²) >= 11 is 4.92. The van der Waals surface area contributed by atoms with Crippen molar-refractivity contribution < 1.29 is 0 Å². The van der Waals surface area contributed by atoms with E-state index < -0.39 is 0 Å². The summed E-state index contributed by atoms with van der Waals surface area (Å²) in [6.07, 6.45) is 4.36. The average Bonchev–Trinajstić information content (AvgIpc) is 2.41. The van der Waals surface area contributed by atoms with Crippen LogP contribution in [0, 0.1) is 5.92 Å². The molecule has 1 atom stereocenters. The number of hydrogen-bond acceptors (Lipinski definition) is 4. The van der Waals surface area contributed by atoms with Crippen molar-refractivity contribution in [2.75, 3.05) is 25.0 Å². The number of fused-ring (bicyclic) bond motifs is 3. The van der Waals surface area contributed by atoms with Gasteiger partial charge in [-0.25, -0.2) is 4.98 Å². The van der Waals surface area contributed by atoms with Crippen molar-refractivity contribution in [2.24, 2.45) is 11.7 Å². The van der Waals surface area contributed by atoms with Gasteiger partial charge in [-0.2, -0.15) is 0 Å². The lowest BCUT2D eigenvalue weighted by Crippen LogP contribution is -2.53. The van der Waals surface area contributed by atoms with Gasteiger partial charge in [0, 0.05) is 24.3 Å². The Morgan fingerprint density at radius 3 is 2.67 bits per heavy atom. The summed E-state index contributed by atoms with van der Waals surface area (Å²) < 4.78 is 0. The van der Waals surface area contributed by atoms with Crippen LogP contribution in [0.2, 0.25) is 0 Å². The van der Waals surface area contributed by atoms with E-state index in [2.05, 4.69) is 15.2 Å². The van der Waals surface area contributed by atoms with Crippen LogP contribution in [0.1, 0.15) is 18.4 Å². The summed E-state index contributed by atoms with van der Waals surface area (Å²) in [4.78, 5) is 7.31. The second kappa shape index (κ2) is 4.82. The van der Waals surface area contributed by atoms with Crippen molar-refractivity contribution in [3.63, 3.8) is 0 Å². The number of nitrogens with one attached hydrogen (secondary N) is 1. The van der Waals surface area contributed by atoms with Crippen LogP contribution in [0.5, 0.6) is 0 Å². The van der Waals surface area contributed by atoms with Gasteiger partial charge in [0.15, 0.2) is 0 Å². The molecule has 0 radical (unpaired) electrons. The highest BCUT2D eigenvalue weighted by Gasteiger charge is 2.33. The van der Waals surface area contributed by atoms with Crippen LogP contribution in [0.4, 0.5) is 5.82 Å². The zero-order valence-electron chi connectivity index (χ0n) is 10.3. The molecule has 4 rings (SSSR count). The quantitative estimate of drug-likeness (QED) is 0.802. The lowest BCUT2D eigenvalue weighted by Gasteiger charge is -2.45. The van der Waals surface area contributed by atoms with Crippen LogP contribution >= 0.6 is 12.2 Å². The number of piperidine rings is 3. The molecule has 0 amide bonds. The monoisotopic (exact) mass is 262 g/mol. The molecule has 18 heavy (non-hydrogen) atoms. The first kappa shape index (κ1) is 11.9. The number of thiocarbonyl (C=S) groups is 1. The summed E-state index contributed by atoms with van der Waals surface area (Å²) in [7, 11) is 0. The fourth-order valence-corrected chi connectivity index (χ4v) is 3.06. The molecule has 3 aliphatic heterocycles. The van der Waals surface area contributed by atoms with Crippen molar-refractivity contribution in [2.45, 2.75) is 18.9 Å². The number of nitrogens with two attached hydrogens (primary N) is 1. The molecule has 3 N–H and O–H groups in total. The highest BCUT2D eigenvalue weighted by atomic mass is 32.1. The van der Waals surface area contributed by atoms with Crippen molar-refractivity contribution in [3.8, 4) is 0 Å². The maximum Gasteiger partial charge on any atom is 0.126 e. The first-order valence-corrected chi connectivity index (χ1v) is 6.88. The van der Waals surface area contributed by atoms with Crippen molar-refractivity contribution in [3.05, 3.63) is 23.9 Å². The number of rotatable bonds is 3. The van der Waals surface area contributed by atoms with E-state index in [9.17, 15) is 0 Å². The Bertz CT molecular complexity index is 437. The Morgan fingerprint density at radius 1 is 1.39 bits per heavy atom. The van der Waals surface area contributed by atoms with Gasteiger partial charge in [-0.1, -0.05) is 12.2 Å². The molecule has 0 spiro atoms. The van der Waals surface area contributed by atoms with Gasteiger partial charge in [0.1, 0.15) is 10.8 Å². The molecule has 0 aromatic carbocycles. The largest absolute Gasteiger partial charge is 0.389 e. The Balaban J connectivity index is 1.67. The van der Waals surface area contributed by atoms with Crippen molar-refractivity contribution in [1.29, 1.82) is 0 Å². The normalized spacial score (nSPS) is 30.1. The van der Waals surface area contributed by atoms with Gasteiger partial charge >= 0.3 is 0 Å². The van der Waals surface area contributed by atoms with E-state index in [1.165, 1.54) is 25.9 Å². The van der Waals surface area contributed by atoms with Gasteiger partial charge < -0.3 is 16.0 Å². The molecular weight excluding hydrogens is 244 g/mol. The van der Waals surface area contributed by atoms with Crippen molar-refractivity contribution in [1.82, 2.24) is 9.88 Å². The molecule has 1 unspecified atom stereocenters. The van der Waals surface area contributed by atoms with Crippen molar-refractivity contribution >= 4 is 23.0 Å². The molecular formula is C13H18N4S. The standard InChI is InChI=1S/C13H18N4S/c14-13(18)10-1-2-12(15-7-10)16-11-8-17-5-3-9(11)4-6-17/h1-2,7,9,11H,3-6,8H2,(H2,14,18)(H,15,16). The number of hydrogen-bond donors (Lipinski definition) is 2. The third-order valence-electron chi connectivity index (χ3n) is 4.04. The van der Waals surface area contributed by atoms with E-state index in [4.69, 9.17) is 18.0 Å². The van der Waals surface area contributed by atoms with Crippen LogP contribution in [0.25, 0.3) is 0 Å². The van der Waals surface area contributed by atoms with E-state index in [1.54, 1.807) is 6.20 Å². The van der Waals surface area contributed by atoms with Crippen LogP contribution in [-0.4, -0.2) is 40.5 Å². The first-order valence-electron chi connectivity index (χ1n) is 6.47. The Kier molecular flexibility index (Phi) is 3.18. The van der Waals surface area contributed by atoms with Gasteiger partial charge in [-0.05, 0) is 44.0 Å². The molecule has 5 heteroatoms. The first-order chi connectivity index (χ1) is 8.72. The van der Waals surface area contributed by atoms with Gasteiger partial charge in [0.05, 0.1) is 0 Å². The summed E-state index contributed by atoms with van der Waals surface area (Å²) in [5, 5.41) is 3.54. The molecule has 1 aromatic rings. The number of aromatic nitrogens is 1. The second-order valence-electron chi connectivity index (χ2n) is 5.19. The van der Waals surface area contributed by atoms with E-state index in [1.807, 2.05) is 12.1 Å². The summed E-state index contributed by atoms with van der Waals surface area (Å²) in [6, 6.07) is 4.43. The van der Waals surface area contributed by atoms with Gasteiger partial charge in [-0.15, -0.1) is 0 Å². The SMILES string of the molecule is NC(=S)c1ccc(NC2CN3CCC2CC3)nc1. The highest BCUT2D eigenvalue weighted by Crippen LogP contribution is 2.29. The molecule has 4 heterocycles.